The van der Waals surface area contributed by atoms with Gasteiger partial charge >= 0.3 is 0 Å². The van der Waals surface area contributed by atoms with Crippen molar-refractivity contribution in [3.05, 3.63) is 35.9 Å². The first-order valence-corrected chi connectivity index (χ1v) is 6.81. The van der Waals surface area contributed by atoms with Crippen LogP contribution in [-0.2, 0) is 13.5 Å². The van der Waals surface area contributed by atoms with Gasteiger partial charge < -0.3 is 10.3 Å². The number of aromatic nitrogens is 4. The molecule has 3 aromatic rings. The van der Waals surface area contributed by atoms with Crippen LogP contribution in [0.2, 0.25) is 0 Å². The zero-order valence-corrected chi connectivity index (χ0v) is 12.1. The molecule has 2 aromatic heterocycles. The first kappa shape index (κ1) is 12.9. The molecule has 5 nitrogen and oxygen atoms in total. The van der Waals surface area contributed by atoms with Crippen LogP contribution in [0, 0.1) is 6.92 Å². The molecular formula is C15H19N5. The second kappa shape index (κ2) is 5.09. The average molecular weight is 269 g/mol. The van der Waals surface area contributed by atoms with Gasteiger partial charge in [-0.15, -0.1) is 0 Å². The number of fused-ring (bicyclic) bond motifs is 1. The van der Waals surface area contributed by atoms with E-state index in [1.54, 1.807) is 6.33 Å². The lowest BCUT2D eigenvalue weighted by Crippen LogP contribution is -2.11. The summed E-state index contributed by atoms with van der Waals surface area (Å²) in [5.74, 6) is 0. The average Bonchev–Trinajstić information content (AvgIpc) is 3.01. The Kier molecular flexibility index (Phi) is 3.28. The lowest BCUT2D eigenvalue weighted by Gasteiger charge is -2.05. The highest BCUT2D eigenvalue weighted by Crippen LogP contribution is 2.29. The van der Waals surface area contributed by atoms with Crippen LogP contribution in [-0.4, -0.2) is 33.3 Å². The van der Waals surface area contributed by atoms with E-state index in [-0.39, 0.29) is 0 Å². The van der Waals surface area contributed by atoms with Gasteiger partial charge in [0.2, 0.25) is 0 Å². The van der Waals surface area contributed by atoms with Gasteiger partial charge in [-0.3, -0.25) is 4.68 Å². The van der Waals surface area contributed by atoms with Crippen molar-refractivity contribution in [3.8, 4) is 11.1 Å². The molecule has 0 aliphatic rings. The summed E-state index contributed by atoms with van der Waals surface area (Å²) in [6, 6.07) is 6.32. The number of H-pyrrole nitrogens is 1. The molecule has 20 heavy (non-hydrogen) atoms. The number of aryl methyl sites for hydroxylation is 1. The maximum atomic E-state index is 4.64. The maximum Gasteiger partial charge on any atom is 0.0931 e. The fourth-order valence-electron chi connectivity index (χ4n) is 2.56. The van der Waals surface area contributed by atoms with Crippen molar-refractivity contribution in [2.24, 2.45) is 7.05 Å². The van der Waals surface area contributed by atoms with Gasteiger partial charge in [0.15, 0.2) is 0 Å². The highest BCUT2D eigenvalue weighted by molar-refractivity contribution is 5.82. The van der Waals surface area contributed by atoms with E-state index in [2.05, 4.69) is 45.5 Å². The van der Waals surface area contributed by atoms with E-state index in [1.807, 2.05) is 18.8 Å². The summed E-state index contributed by atoms with van der Waals surface area (Å²) in [5, 5.41) is 7.83. The number of imidazole rings is 1. The molecule has 2 N–H and O–H groups in total. The van der Waals surface area contributed by atoms with Gasteiger partial charge in [0, 0.05) is 31.3 Å². The predicted molar refractivity (Wildman–Crippen MR) is 80.7 cm³/mol. The SMILES string of the molecule is CNCCc1nn(C)c(C)c1-c1ccc2nc[nH]c2c1. The molecule has 0 amide bonds. The second-order valence-corrected chi connectivity index (χ2v) is 5.02. The first-order valence-electron chi connectivity index (χ1n) is 6.81. The molecule has 1 aromatic carbocycles. The van der Waals surface area contributed by atoms with Crippen LogP contribution in [0.25, 0.3) is 22.2 Å². The number of likely N-dealkylation sites (N-methyl/N-ethyl adjacent to an activating group) is 1. The minimum absolute atomic E-state index is 0.925. The van der Waals surface area contributed by atoms with Crippen molar-refractivity contribution in [2.45, 2.75) is 13.3 Å². The normalized spacial score (nSPS) is 11.3. The molecule has 5 heteroatoms. The Labute approximate surface area is 118 Å². The standard InChI is InChI=1S/C15H19N5/c1-10-15(13(6-7-16-2)19-20(10)3)11-4-5-12-14(8-11)18-9-17-12/h4-5,8-9,16H,6-7H2,1-3H3,(H,17,18). The molecule has 0 fully saturated rings. The number of hydrogen-bond acceptors (Lipinski definition) is 3. The number of benzene rings is 1. The zero-order valence-electron chi connectivity index (χ0n) is 12.1. The van der Waals surface area contributed by atoms with E-state index < -0.39 is 0 Å². The summed E-state index contributed by atoms with van der Waals surface area (Å²) in [6.07, 6.45) is 2.65. The van der Waals surface area contributed by atoms with Gasteiger partial charge in [-0.05, 0) is 31.7 Å². The summed E-state index contributed by atoms with van der Waals surface area (Å²) < 4.78 is 1.96. The Balaban J connectivity index is 2.11. The van der Waals surface area contributed by atoms with Crippen LogP contribution in [0.1, 0.15) is 11.4 Å². The molecule has 0 unspecified atom stereocenters. The van der Waals surface area contributed by atoms with Crippen molar-refractivity contribution in [2.75, 3.05) is 13.6 Å². The Morgan fingerprint density at radius 3 is 3.00 bits per heavy atom. The van der Waals surface area contributed by atoms with Crippen LogP contribution in [0.4, 0.5) is 0 Å². The summed E-state index contributed by atoms with van der Waals surface area (Å²) >= 11 is 0. The van der Waals surface area contributed by atoms with E-state index in [4.69, 9.17) is 0 Å². The highest BCUT2D eigenvalue weighted by atomic mass is 15.3. The van der Waals surface area contributed by atoms with Crippen molar-refractivity contribution >= 4 is 11.0 Å². The van der Waals surface area contributed by atoms with Gasteiger partial charge in [-0.25, -0.2) is 4.98 Å². The van der Waals surface area contributed by atoms with Crippen LogP contribution >= 0.6 is 0 Å². The Hall–Kier alpha value is -2.14. The summed E-state index contributed by atoms with van der Waals surface area (Å²) in [4.78, 5) is 7.43. The van der Waals surface area contributed by atoms with E-state index in [0.29, 0.717) is 0 Å². The number of rotatable bonds is 4. The lowest BCUT2D eigenvalue weighted by molar-refractivity contribution is 0.703. The van der Waals surface area contributed by atoms with Gasteiger partial charge in [-0.1, -0.05) is 6.07 Å². The second-order valence-electron chi connectivity index (χ2n) is 5.02. The largest absolute Gasteiger partial charge is 0.345 e. The molecule has 104 valence electrons. The number of nitrogens with one attached hydrogen (secondary N) is 2. The summed E-state index contributed by atoms with van der Waals surface area (Å²) in [6.45, 7) is 3.04. The molecule has 2 heterocycles. The smallest absolute Gasteiger partial charge is 0.0931 e. The minimum Gasteiger partial charge on any atom is -0.345 e. The molecule has 0 aliphatic heterocycles. The van der Waals surface area contributed by atoms with E-state index >= 15 is 0 Å². The van der Waals surface area contributed by atoms with Gasteiger partial charge in [0.05, 0.1) is 23.1 Å². The molecule has 0 aliphatic carbocycles. The number of nitrogens with zero attached hydrogens (tertiary/aromatic N) is 3. The molecule has 0 radical (unpaired) electrons. The topological polar surface area (TPSA) is 58.5 Å². The third-order valence-corrected chi connectivity index (χ3v) is 3.73. The first-order chi connectivity index (χ1) is 9.70. The molecule has 0 bridgehead atoms. The quantitative estimate of drug-likeness (QED) is 0.762. The van der Waals surface area contributed by atoms with Crippen LogP contribution < -0.4 is 5.32 Å². The van der Waals surface area contributed by atoms with Crippen molar-refractivity contribution in [1.82, 2.24) is 25.1 Å². The molecule has 0 spiro atoms. The molecule has 0 saturated heterocycles. The monoisotopic (exact) mass is 269 g/mol. The minimum atomic E-state index is 0.925. The Morgan fingerprint density at radius 1 is 1.35 bits per heavy atom. The molecule has 0 saturated carbocycles. The number of hydrogen-bond donors (Lipinski definition) is 2. The fourth-order valence-corrected chi connectivity index (χ4v) is 2.56. The summed E-state index contributed by atoms with van der Waals surface area (Å²) in [5.41, 5.74) is 6.81. The Bertz CT molecular complexity index is 738. The van der Waals surface area contributed by atoms with Crippen molar-refractivity contribution in [1.29, 1.82) is 0 Å². The third-order valence-electron chi connectivity index (χ3n) is 3.73. The van der Waals surface area contributed by atoms with E-state index in [0.717, 1.165) is 29.7 Å². The van der Waals surface area contributed by atoms with E-state index in [1.165, 1.54) is 16.8 Å². The number of aromatic amines is 1. The Morgan fingerprint density at radius 2 is 2.20 bits per heavy atom. The van der Waals surface area contributed by atoms with Crippen LogP contribution in [0.15, 0.2) is 24.5 Å². The maximum absolute atomic E-state index is 4.64. The van der Waals surface area contributed by atoms with Gasteiger partial charge in [-0.2, -0.15) is 5.10 Å². The van der Waals surface area contributed by atoms with E-state index in [9.17, 15) is 0 Å². The van der Waals surface area contributed by atoms with Crippen LogP contribution in [0.5, 0.6) is 0 Å². The highest BCUT2D eigenvalue weighted by Gasteiger charge is 2.15. The van der Waals surface area contributed by atoms with Crippen LogP contribution in [0.3, 0.4) is 0 Å². The molecular weight excluding hydrogens is 250 g/mol. The third kappa shape index (κ3) is 2.10. The van der Waals surface area contributed by atoms with Gasteiger partial charge in [0.25, 0.3) is 0 Å². The fraction of sp³-hybridized carbons (Fsp3) is 0.333. The van der Waals surface area contributed by atoms with Crippen molar-refractivity contribution in [3.63, 3.8) is 0 Å². The van der Waals surface area contributed by atoms with Gasteiger partial charge in [0.1, 0.15) is 0 Å². The molecule has 3 rings (SSSR count). The molecule has 0 atom stereocenters. The van der Waals surface area contributed by atoms with Crippen molar-refractivity contribution < 1.29 is 0 Å². The predicted octanol–water partition coefficient (Wildman–Crippen LogP) is 2.03. The lowest BCUT2D eigenvalue weighted by atomic mass is 10.0. The summed E-state index contributed by atoms with van der Waals surface area (Å²) in [7, 11) is 3.96. The zero-order chi connectivity index (χ0) is 14.1.